The Morgan fingerprint density at radius 1 is 1.29 bits per heavy atom. The first-order valence-electron chi connectivity index (χ1n) is 8.88. The summed E-state index contributed by atoms with van der Waals surface area (Å²) in [6, 6.07) is 10.2. The van der Waals surface area contributed by atoms with Gasteiger partial charge in [-0.1, -0.05) is 6.07 Å². The van der Waals surface area contributed by atoms with Gasteiger partial charge in [-0.05, 0) is 31.2 Å². The number of nitrogens with zero attached hydrogens (tertiary/aromatic N) is 2. The van der Waals surface area contributed by atoms with E-state index in [1.54, 1.807) is 18.2 Å². The maximum atomic E-state index is 12.3. The third-order valence-electron chi connectivity index (χ3n) is 4.18. The molecule has 0 saturated carbocycles. The van der Waals surface area contributed by atoms with E-state index in [0.717, 1.165) is 0 Å². The van der Waals surface area contributed by atoms with Gasteiger partial charge in [0.1, 0.15) is 5.58 Å². The molecule has 0 saturated heterocycles. The Morgan fingerprint density at radius 2 is 2.06 bits per heavy atom. The van der Waals surface area contributed by atoms with Gasteiger partial charge in [-0.3, -0.25) is 14.9 Å². The van der Waals surface area contributed by atoms with E-state index in [2.05, 4.69) is 10.5 Å². The topological polar surface area (TPSA) is 154 Å². The minimum Gasteiger partial charge on any atom is -0.493 e. The summed E-state index contributed by atoms with van der Waals surface area (Å²) >= 11 is 0. The van der Waals surface area contributed by atoms with Crippen molar-refractivity contribution in [2.45, 2.75) is 13.0 Å². The number of benzene rings is 2. The maximum Gasteiger partial charge on any atom is 0.344 e. The molecule has 1 amide bonds. The predicted molar refractivity (Wildman–Crippen MR) is 109 cm³/mol. The molecular weight excluding hydrogens is 410 g/mol. The molecule has 3 aromatic rings. The molecule has 2 N–H and O–H groups in total. The zero-order valence-electron chi connectivity index (χ0n) is 16.4. The summed E-state index contributed by atoms with van der Waals surface area (Å²) in [6.07, 6.45) is 0.121. The molecular formula is C20H17N3O8. The summed E-state index contributed by atoms with van der Waals surface area (Å²) < 4.78 is 16.0. The number of aliphatic carboxylic acids is 1. The number of amides is 1. The number of nitro groups is 1. The second kappa shape index (κ2) is 8.95. The number of ether oxygens (including phenoxy) is 2. The van der Waals surface area contributed by atoms with Crippen LogP contribution in [-0.2, 0) is 4.79 Å². The van der Waals surface area contributed by atoms with E-state index in [1.165, 1.54) is 44.5 Å². The van der Waals surface area contributed by atoms with Crippen molar-refractivity contribution in [3.05, 3.63) is 63.9 Å². The highest BCUT2D eigenvalue weighted by Gasteiger charge is 2.18. The van der Waals surface area contributed by atoms with Crippen LogP contribution in [0.2, 0.25) is 0 Å². The van der Waals surface area contributed by atoms with Gasteiger partial charge in [0.15, 0.2) is 23.4 Å². The Bertz CT molecular complexity index is 1180. The van der Waals surface area contributed by atoms with E-state index in [4.69, 9.17) is 19.0 Å². The fraction of sp³-hybridized carbons (Fsp3) is 0.150. The van der Waals surface area contributed by atoms with Crippen molar-refractivity contribution < 1.29 is 33.5 Å². The number of nitro benzene ring substituents is 1. The van der Waals surface area contributed by atoms with Gasteiger partial charge in [-0.25, -0.2) is 10.2 Å². The third-order valence-corrected chi connectivity index (χ3v) is 4.18. The molecule has 0 radical (unpaired) electrons. The molecule has 1 atom stereocenters. The van der Waals surface area contributed by atoms with Gasteiger partial charge in [-0.2, -0.15) is 5.10 Å². The van der Waals surface area contributed by atoms with E-state index in [-0.39, 0.29) is 17.2 Å². The number of nitrogens with one attached hydrogen (secondary N) is 1. The average Bonchev–Trinajstić information content (AvgIpc) is 3.18. The highest BCUT2D eigenvalue weighted by atomic mass is 16.6. The molecule has 2 aromatic carbocycles. The molecule has 3 rings (SSSR count). The number of carbonyl (C=O) groups is 2. The number of non-ortho nitro benzene ring substituents is 1. The zero-order chi connectivity index (χ0) is 22.5. The molecule has 0 fully saturated rings. The Balaban J connectivity index is 1.78. The predicted octanol–water partition coefficient (Wildman–Crippen LogP) is 2.97. The smallest absolute Gasteiger partial charge is 0.344 e. The van der Waals surface area contributed by atoms with Gasteiger partial charge in [0.05, 0.1) is 18.2 Å². The van der Waals surface area contributed by atoms with Crippen LogP contribution < -0.4 is 14.9 Å². The summed E-state index contributed by atoms with van der Waals surface area (Å²) in [7, 11) is 1.40. The van der Waals surface area contributed by atoms with Crippen molar-refractivity contribution in [2.24, 2.45) is 5.10 Å². The first kappa shape index (κ1) is 21.3. The van der Waals surface area contributed by atoms with E-state index in [1.807, 2.05) is 0 Å². The number of hydrogen-bond acceptors (Lipinski definition) is 8. The number of methoxy groups -OCH3 is 1. The molecule has 0 aliphatic carbocycles. The molecule has 0 bridgehead atoms. The van der Waals surface area contributed by atoms with Gasteiger partial charge in [0.2, 0.25) is 0 Å². The minimum atomic E-state index is -1.16. The van der Waals surface area contributed by atoms with Crippen LogP contribution in [0.3, 0.4) is 0 Å². The van der Waals surface area contributed by atoms with E-state index < -0.39 is 22.9 Å². The zero-order valence-corrected chi connectivity index (χ0v) is 16.4. The quantitative estimate of drug-likeness (QED) is 0.316. The number of carboxylic acid groups (broad SMARTS) is 1. The average molecular weight is 427 g/mol. The van der Waals surface area contributed by atoms with Crippen molar-refractivity contribution in [3.8, 4) is 11.5 Å². The van der Waals surface area contributed by atoms with Crippen LogP contribution >= 0.6 is 0 Å². The van der Waals surface area contributed by atoms with Gasteiger partial charge < -0.3 is 19.0 Å². The van der Waals surface area contributed by atoms with E-state index in [0.29, 0.717) is 22.3 Å². The maximum absolute atomic E-state index is 12.3. The van der Waals surface area contributed by atoms with Gasteiger partial charge >= 0.3 is 11.9 Å². The SMILES string of the molecule is COc1cccc(/C=N\NC(=O)c2cc3cc([N+](=O)[O-])ccc3o2)c1O[C@H](C)C(=O)O. The van der Waals surface area contributed by atoms with E-state index >= 15 is 0 Å². The monoisotopic (exact) mass is 427 g/mol. The fourth-order valence-electron chi connectivity index (χ4n) is 2.62. The lowest BCUT2D eigenvalue weighted by Gasteiger charge is -2.15. The molecule has 0 unspecified atom stereocenters. The highest BCUT2D eigenvalue weighted by Crippen LogP contribution is 2.31. The van der Waals surface area contributed by atoms with Crippen LogP contribution in [-0.4, -0.2) is 41.3 Å². The van der Waals surface area contributed by atoms with Crippen molar-refractivity contribution >= 4 is 34.7 Å². The third kappa shape index (κ3) is 4.78. The number of carbonyl (C=O) groups excluding carboxylic acids is 1. The lowest BCUT2D eigenvalue weighted by Crippen LogP contribution is -2.23. The molecule has 0 aliphatic heterocycles. The summed E-state index contributed by atoms with van der Waals surface area (Å²) in [5, 5.41) is 24.2. The van der Waals surface area contributed by atoms with E-state index in [9.17, 15) is 19.7 Å². The number of fused-ring (bicyclic) bond motifs is 1. The molecule has 11 heteroatoms. The van der Waals surface area contributed by atoms with Crippen molar-refractivity contribution in [2.75, 3.05) is 7.11 Å². The molecule has 1 heterocycles. The summed E-state index contributed by atoms with van der Waals surface area (Å²) in [5.41, 5.74) is 2.83. The first-order chi connectivity index (χ1) is 14.8. The van der Waals surface area contributed by atoms with Gasteiger partial charge in [0, 0.05) is 23.1 Å². The Labute approximate surface area is 175 Å². The second-order valence-corrected chi connectivity index (χ2v) is 6.27. The van der Waals surface area contributed by atoms with Crippen LogP contribution in [0.1, 0.15) is 23.0 Å². The Hall–Kier alpha value is -4.41. The van der Waals surface area contributed by atoms with Crippen molar-refractivity contribution in [1.82, 2.24) is 5.43 Å². The summed E-state index contributed by atoms with van der Waals surface area (Å²) in [4.78, 5) is 33.7. The molecule has 0 spiro atoms. The first-order valence-corrected chi connectivity index (χ1v) is 8.88. The number of hydrazone groups is 1. The fourth-order valence-corrected chi connectivity index (χ4v) is 2.62. The van der Waals surface area contributed by atoms with Gasteiger partial charge in [0.25, 0.3) is 5.69 Å². The highest BCUT2D eigenvalue weighted by molar-refractivity contribution is 5.97. The molecule has 0 aliphatic rings. The number of para-hydroxylation sites is 1. The van der Waals surface area contributed by atoms with Crippen LogP contribution in [0.4, 0.5) is 5.69 Å². The molecule has 11 nitrogen and oxygen atoms in total. The molecule has 31 heavy (non-hydrogen) atoms. The van der Waals surface area contributed by atoms with Crippen molar-refractivity contribution in [3.63, 3.8) is 0 Å². The van der Waals surface area contributed by atoms with Crippen LogP contribution in [0.15, 0.2) is 52.0 Å². The van der Waals surface area contributed by atoms with Gasteiger partial charge in [-0.15, -0.1) is 0 Å². The Morgan fingerprint density at radius 3 is 2.74 bits per heavy atom. The molecule has 1 aromatic heterocycles. The number of carboxylic acids is 1. The number of rotatable bonds is 8. The standard InChI is InChI=1S/C20H17N3O8/c1-11(20(25)26)30-18-12(4-3-5-16(18)29-2)10-21-22-19(24)17-9-13-8-14(23(27)28)6-7-15(13)31-17/h3-11H,1-2H3,(H,22,24)(H,25,26)/b21-10-/t11-/m1/s1. The van der Waals surface area contributed by atoms with Crippen LogP contribution in [0.5, 0.6) is 11.5 Å². The largest absolute Gasteiger partial charge is 0.493 e. The Kier molecular flexibility index (Phi) is 6.15. The summed E-state index contributed by atoms with van der Waals surface area (Å²) in [6.45, 7) is 1.36. The number of furan rings is 1. The lowest BCUT2D eigenvalue weighted by atomic mass is 10.2. The van der Waals surface area contributed by atoms with Crippen LogP contribution in [0, 0.1) is 10.1 Å². The minimum absolute atomic E-state index is 0.0886. The molecule has 160 valence electrons. The van der Waals surface area contributed by atoms with Crippen molar-refractivity contribution in [1.29, 1.82) is 0 Å². The van der Waals surface area contributed by atoms with Crippen LogP contribution in [0.25, 0.3) is 11.0 Å². The number of hydrogen-bond donors (Lipinski definition) is 2. The normalized spacial score (nSPS) is 11.9. The summed E-state index contributed by atoms with van der Waals surface area (Å²) in [5.74, 6) is -1.49. The second-order valence-electron chi connectivity index (χ2n) is 6.27. The lowest BCUT2D eigenvalue weighted by molar-refractivity contribution is -0.384.